The largest absolute Gasteiger partial charge is 0.457 e. The molecule has 1 aliphatic carbocycles. The molecule has 246 valence electrons. The maximum atomic E-state index is 6.72. The maximum absolute atomic E-state index is 6.72. The van der Waals surface area contributed by atoms with Crippen LogP contribution in [-0.2, 0) is 16.2 Å². The molecule has 0 radical (unpaired) electrons. The summed E-state index contributed by atoms with van der Waals surface area (Å²) in [5.41, 5.74) is 11.0. The summed E-state index contributed by atoms with van der Waals surface area (Å²) in [6, 6.07) is 47.7. The minimum absolute atomic E-state index is 0.0227. The van der Waals surface area contributed by atoms with Crippen molar-refractivity contribution in [2.75, 3.05) is 0 Å². The lowest BCUT2D eigenvalue weighted by atomic mass is 9.68. The van der Waals surface area contributed by atoms with E-state index in [1.807, 2.05) is 36.7 Å². The fourth-order valence-electron chi connectivity index (χ4n) is 7.56. The molecule has 0 N–H and O–H groups in total. The molecule has 0 saturated carbocycles. The van der Waals surface area contributed by atoms with Crippen molar-refractivity contribution in [1.29, 1.82) is 0 Å². The van der Waals surface area contributed by atoms with Gasteiger partial charge in [-0.3, -0.25) is 9.97 Å². The molecule has 0 unspecified atom stereocenters. The average molecular weight is 651 g/mol. The Bertz CT molecular complexity index is 2310. The summed E-state index contributed by atoms with van der Waals surface area (Å²) >= 11 is 0. The molecule has 1 aliphatic rings. The minimum Gasteiger partial charge on any atom is -0.457 e. The first kappa shape index (κ1) is 31.7. The average Bonchev–Trinajstić information content (AvgIpc) is 3.41. The highest BCUT2D eigenvalue weighted by atomic mass is 16.5. The molecule has 0 bridgehead atoms. The third kappa shape index (κ3) is 5.29. The van der Waals surface area contributed by atoms with Crippen molar-refractivity contribution in [2.45, 2.75) is 57.8 Å². The molecular weight excluding hydrogens is 609 g/mol. The van der Waals surface area contributed by atoms with E-state index in [4.69, 9.17) is 14.7 Å². The van der Waals surface area contributed by atoms with Gasteiger partial charge < -0.3 is 4.74 Å². The van der Waals surface area contributed by atoms with Gasteiger partial charge in [-0.05, 0) is 97.6 Å². The molecule has 8 rings (SSSR count). The van der Waals surface area contributed by atoms with Crippen molar-refractivity contribution in [2.24, 2.45) is 0 Å². The quantitative estimate of drug-likeness (QED) is 0.186. The standard InChI is InChI=1S/C47H42N2O/c1-45(2,3)33-20-22-39-40-23-21-34(46(4,5)6)30-42(40)47(41(39)29-33,43-19-9-10-25-48-43)35-15-12-17-37(28-35)50-36-16-11-14-32(27-36)44-38-18-8-7-13-31(38)24-26-49-44/h7-30H,1-6H3. The molecule has 2 aromatic heterocycles. The SMILES string of the molecule is CC(C)(C)c1ccc2c(c1)C(c1cccc(Oc3cccc(-c4nccc5ccccc45)c3)c1)(c1ccccn1)c1cc(C(C)(C)C)ccc1-2. The molecule has 0 saturated heterocycles. The first-order valence-electron chi connectivity index (χ1n) is 17.5. The monoisotopic (exact) mass is 650 g/mol. The molecule has 0 spiro atoms. The first-order valence-corrected chi connectivity index (χ1v) is 17.5. The van der Waals surface area contributed by atoms with E-state index in [1.54, 1.807) is 0 Å². The van der Waals surface area contributed by atoms with Gasteiger partial charge in [0.2, 0.25) is 0 Å². The zero-order valence-corrected chi connectivity index (χ0v) is 29.7. The number of rotatable bonds is 5. The summed E-state index contributed by atoms with van der Waals surface area (Å²) in [6.07, 6.45) is 3.79. The maximum Gasteiger partial charge on any atom is 0.128 e. The second-order valence-corrected chi connectivity index (χ2v) is 15.5. The summed E-state index contributed by atoms with van der Waals surface area (Å²) in [5.74, 6) is 1.54. The van der Waals surface area contributed by atoms with Crippen molar-refractivity contribution in [3.8, 4) is 33.9 Å². The van der Waals surface area contributed by atoms with Gasteiger partial charge in [-0.1, -0.05) is 133 Å². The number of hydrogen-bond donors (Lipinski definition) is 0. The summed E-state index contributed by atoms with van der Waals surface area (Å²) in [4.78, 5) is 9.89. The lowest BCUT2D eigenvalue weighted by molar-refractivity contribution is 0.481. The Balaban J connectivity index is 1.32. The minimum atomic E-state index is -0.650. The summed E-state index contributed by atoms with van der Waals surface area (Å²) < 4.78 is 6.72. The lowest BCUT2D eigenvalue weighted by Gasteiger charge is -2.34. The van der Waals surface area contributed by atoms with Crippen LogP contribution in [0.1, 0.15) is 75.1 Å². The molecule has 0 aliphatic heterocycles. The summed E-state index contributed by atoms with van der Waals surface area (Å²) in [6.45, 7) is 13.7. The molecule has 7 aromatic rings. The molecular formula is C47H42N2O. The van der Waals surface area contributed by atoms with Gasteiger partial charge in [0.05, 0.1) is 16.8 Å². The van der Waals surface area contributed by atoms with E-state index in [1.165, 1.54) is 33.4 Å². The van der Waals surface area contributed by atoms with Crippen LogP contribution in [0.3, 0.4) is 0 Å². The van der Waals surface area contributed by atoms with Gasteiger partial charge >= 0.3 is 0 Å². The predicted octanol–water partition coefficient (Wildman–Crippen LogP) is 12.0. The van der Waals surface area contributed by atoms with E-state index in [0.717, 1.165) is 44.8 Å². The van der Waals surface area contributed by atoms with Crippen LogP contribution in [0.25, 0.3) is 33.2 Å². The van der Waals surface area contributed by atoms with Crippen LogP contribution in [-0.4, -0.2) is 9.97 Å². The Kier molecular flexibility index (Phi) is 7.49. The van der Waals surface area contributed by atoms with Gasteiger partial charge in [-0.15, -0.1) is 0 Å². The highest BCUT2D eigenvalue weighted by molar-refractivity contribution is 5.94. The van der Waals surface area contributed by atoms with Crippen molar-refractivity contribution in [3.05, 3.63) is 179 Å². The topological polar surface area (TPSA) is 35.0 Å². The fraction of sp³-hybridized carbons (Fsp3) is 0.191. The number of fused-ring (bicyclic) bond motifs is 4. The number of nitrogens with zero attached hydrogens (tertiary/aromatic N) is 2. The van der Waals surface area contributed by atoms with E-state index in [9.17, 15) is 0 Å². The normalized spacial score (nSPS) is 13.6. The zero-order valence-electron chi connectivity index (χ0n) is 29.7. The molecule has 0 atom stereocenters. The molecule has 50 heavy (non-hydrogen) atoms. The van der Waals surface area contributed by atoms with Crippen LogP contribution in [0.15, 0.2) is 146 Å². The third-order valence-corrected chi connectivity index (χ3v) is 10.2. The number of aromatic nitrogens is 2. The zero-order chi connectivity index (χ0) is 34.7. The lowest BCUT2D eigenvalue weighted by Crippen LogP contribution is -2.30. The van der Waals surface area contributed by atoms with Gasteiger partial charge in [-0.2, -0.15) is 0 Å². The summed E-state index contributed by atoms with van der Waals surface area (Å²) in [7, 11) is 0. The highest BCUT2D eigenvalue weighted by Gasteiger charge is 2.48. The highest BCUT2D eigenvalue weighted by Crippen LogP contribution is 2.57. The summed E-state index contributed by atoms with van der Waals surface area (Å²) in [5, 5.41) is 2.28. The molecule has 3 nitrogen and oxygen atoms in total. The van der Waals surface area contributed by atoms with Gasteiger partial charge in [0.15, 0.2) is 0 Å². The van der Waals surface area contributed by atoms with Crippen molar-refractivity contribution >= 4 is 10.8 Å². The van der Waals surface area contributed by atoms with E-state index in [-0.39, 0.29) is 10.8 Å². The smallest absolute Gasteiger partial charge is 0.128 e. The number of ether oxygens (including phenoxy) is 1. The molecule has 0 fully saturated rings. The Hall–Kier alpha value is -5.54. The molecule has 3 heteroatoms. The van der Waals surface area contributed by atoms with Crippen molar-refractivity contribution in [3.63, 3.8) is 0 Å². The van der Waals surface area contributed by atoms with Crippen LogP contribution >= 0.6 is 0 Å². The van der Waals surface area contributed by atoms with Gasteiger partial charge in [0.1, 0.15) is 11.5 Å². The first-order chi connectivity index (χ1) is 24.0. The van der Waals surface area contributed by atoms with E-state index in [2.05, 4.69) is 151 Å². The van der Waals surface area contributed by atoms with Crippen LogP contribution in [0.2, 0.25) is 0 Å². The second kappa shape index (κ2) is 11.8. The van der Waals surface area contributed by atoms with Crippen LogP contribution in [0.5, 0.6) is 11.5 Å². The number of hydrogen-bond acceptors (Lipinski definition) is 3. The Morgan fingerprint density at radius 1 is 0.520 bits per heavy atom. The predicted molar refractivity (Wildman–Crippen MR) is 206 cm³/mol. The molecule has 0 amide bonds. The van der Waals surface area contributed by atoms with Gasteiger partial charge in [0.25, 0.3) is 0 Å². The van der Waals surface area contributed by atoms with Crippen LogP contribution < -0.4 is 4.74 Å². The Morgan fingerprint density at radius 2 is 1.16 bits per heavy atom. The molecule has 5 aromatic carbocycles. The van der Waals surface area contributed by atoms with Crippen LogP contribution in [0, 0.1) is 0 Å². The van der Waals surface area contributed by atoms with E-state index < -0.39 is 5.41 Å². The second-order valence-electron chi connectivity index (χ2n) is 15.5. The Morgan fingerprint density at radius 3 is 1.82 bits per heavy atom. The van der Waals surface area contributed by atoms with Gasteiger partial charge in [-0.25, -0.2) is 0 Å². The van der Waals surface area contributed by atoms with Crippen molar-refractivity contribution in [1.82, 2.24) is 9.97 Å². The third-order valence-electron chi connectivity index (χ3n) is 10.2. The van der Waals surface area contributed by atoms with E-state index >= 15 is 0 Å². The Labute approximate surface area is 295 Å². The number of benzene rings is 5. The van der Waals surface area contributed by atoms with Crippen molar-refractivity contribution < 1.29 is 4.74 Å². The van der Waals surface area contributed by atoms with Crippen LogP contribution in [0.4, 0.5) is 0 Å². The van der Waals surface area contributed by atoms with E-state index in [0.29, 0.717) is 0 Å². The molecule has 2 heterocycles. The van der Waals surface area contributed by atoms with Gasteiger partial charge in [0, 0.05) is 23.3 Å². The fourth-order valence-corrected chi connectivity index (χ4v) is 7.56. The number of pyridine rings is 2.